The van der Waals surface area contributed by atoms with Crippen molar-refractivity contribution < 1.29 is 19.1 Å². The summed E-state index contributed by atoms with van der Waals surface area (Å²) in [5, 5.41) is 0. The van der Waals surface area contributed by atoms with Crippen molar-refractivity contribution in [2.24, 2.45) is 0 Å². The van der Waals surface area contributed by atoms with Crippen LogP contribution in [0.3, 0.4) is 0 Å². The molecule has 0 heterocycles. The Labute approximate surface area is 104 Å². The second kappa shape index (κ2) is 5.27. The molecule has 1 aromatic carbocycles. The lowest BCUT2D eigenvalue weighted by Crippen LogP contribution is -2.07. The number of methoxy groups -OCH3 is 2. The van der Waals surface area contributed by atoms with E-state index in [-0.39, 0.29) is 11.1 Å². The summed E-state index contributed by atoms with van der Waals surface area (Å²) in [5.74, 6) is -1.06. The van der Waals surface area contributed by atoms with Crippen LogP contribution < -0.4 is 0 Å². The van der Waals surface area contributed by atoms with E-state index in [0.29, 0.717) is 9.79 Å². The van der Waals surface area contributed by atoms with E-state index < -0.39 is 11.9 Å². The summed E-state index contributed by atoms with van der Waals surface area (Å²) in [6.45, 7) is 0. The third-order valence-electron chi connectivity index (χ3n) is 1.92. The van der Waals surface area contributed by atoms with E-state index >= 15 is 0 Å². The fourth-order valence-corrected chi connectivity index (χ4v) is 1.69. The number of hydrogen-bond donors (Lipinski definition) is 2. The van der Waals surface area contributed by atoms with E-state index in [0.717, 1.165) is 0 Å². The van der Waals surface area contributed by atoms with E-state index in [1.165, 1.54) is 26.4 Å². The number of hydrogen-bond acceptors (Lipinski definition) is 6. The quantitative estimate of drug-likeness (QED) is 0.628. The van der Waals surface area contributed by atoms with E-state index in [4.69, 9.17) is 0 Å². The Morgan fingerprint density at radius 2 is 1.25 bits per heavy atom. The Kier molecular flexibility index (Phi) is 4.26. The van der Waals surface area contributed by atoms with Crippen molar-refractivity contribution in [3.05, 3.63) is 23.3 Å². The van der Waals surface area contributed by atoms with Gasteiger partial charge in [-0.05, 0) is 12.1 Å². The SMILES string of the molecule is COC(=O)c1cc(S)c(C(=O)OC)cc1S. The smallest absolute Gasteiger partial charge is 0.339 e. The molecule has 16 heavy (non-hydrogen) atoms. The van der Waals surface area contributed by atoms with Crippen LogP contribution in [0, 0.1) is 0 Å². The van der Waals surface area contributed by atoms with Gasteiger partial charge in [-0.15, -0.1) is 25.3 Å². The lowest BCUT2D eigenvalue weighted by molar-refractivity contribution is 0.0580. The maximum atomic E-state index is 11.3. The molecule has 0 bridgehead atoms. The van der Waals surface area contributed by atoms with Gasteiger partial charge in [-0.3, -0.25) is 0 Å². The molecule has 6 heteroatoms. The van der Waals surface area contributed by atoms with Crippen molar-refractivity contribution in [2.45, 2.75) is 9.79 Å². The first-order chi connectivity index (χ1) is 7.51. The Bertz CT molecular complexity index is 401. The predicted octanol–water partition coefficient (Wildman–Crippen LogP) is 1.84. The van der Waals surface area contributed by atoms with Crippen LogP contribution in [0.25, 0.3) is 0 Å². The van der Waals surface area contributed by atoms with Crippen LogP contribution in [0.5, 0.6) is 0 Å². The minimum atomic E-state index is -0.531. The fraction of sp³-hybridized carbons (Fsp3) is 0.200. The van der Waals surface area contributed by atoms with Crippen LogP contribution in [-0.4, -0.2) is 26.2 Å². The third kappa shape index (κ3) is 2.51. The van der Waals surface area contributed by atoms with Gasteiger partial charge in [0.15, 0.2) is 0 Å². The van der Waals surface area contributed by atoms with Gasteiger partial charge in [0, 0.05) is 9.79 Å². The second-order valence-corrected chi connectivity index (χ2v) is 3.83. The van der Waals surface area contributed by atoms with Crippen molar-refractivity contribution in [1.29, 1.82) is 0 Å². The molecule has 1 rings (SSSR count). The summed E-state index contributed by atoms with van der Waals surface area (Å²) in [6, 6.07) is 2.84. The monoisotopic (exact) mass is 258 g/mol. The van der Waals surface area contributed by atoms with Gasteiger partial charge in [0.25, 0.3) is 0 Å². The molecule has 0 fully saturated rings. The van der Waals surface area contributed by atoms with E-state index in [9.17, 15) is 9.59 Å². The molecule has 0 spiro atoms. The van der Waals surface area contributed by atoms with Gasteiger partial charge in [0.05, 0.1) is 25.3 Å². The number of esters is 2. The molecule has 0 aliphatic carbocycles. The van der Waals surface area contributed by atoms with Crippen molar-refractivity contribution in [3.8, 4) is 0 Å². The van der Waals surface area contributed by atoms with Crippen molar-refractivity contribution in [1.82, 2.24) is 0 Å². The number of benzene rings is 1. The predicted molar refractivity (Wildman–Crippen MR) is 63.6 cm³/mol. The summed E-state index contributed by atoms with van der Waals surface area (Å²) in [7, 11) is 2.53. The minimum absolute atomic E-state index is 0.253. The highest BCUT2D eigenvalue weighted by molar-refractivity contribution is 7.80. The summed E-state index contributed by atoms with van der Waals surface area (Å²) in [6.07, 6.45) is 0. The molecule has 1 aromatic rings. The standard InChI is InChI=1S/C10H10O4S2/c1-13-9(11)5-3-8(16)6(4-7(5)15)10(12)14-2/h3-4,15-16H,1-2H3. The molecule has 0 aromatic heterocycles. The number of ether oxygens (including phenoxy) is 2. The molecule has 0 atom stereocenters. The zero-order chi connectivity index (χ0) is 12.3. The molecule has 0 N–H and O–H groups in total. The van der Waals surface area contributed by atoms with Crippen LogP contribution in [0.15, 0.2) is 21.9 Å². The van der Waals surface area contributed by atoms with Gasteiger partial charge < -0.3 is 9.47 Å². The van der Waals surface area contributed by atoms with E-state index in [1.807, 2.05) is 0 Å². The molecular weight excluding hydrogens is 248 g/mol. The van der Waals surface area contributed by atoms with Gasteiger partial charge in [-0.2, -0.15) is 0 Å². The summed E-state index contributed by atoms with van der Waals surface area (Å²) in [4.78, 5) is 23.3. The second-order valence-electron chi connectivity index (χ2n) is 2.87. The zero-order valence-corrected chi connectivity index (χ0v) is 10.5. The molecular formula is C10H10O4S2. The topological polar surface area (TPSA) is 52.6 Å². The highest BCUT2D eigenvalue weighted by Crippen LogP contribution is 2.24. The minimum Gasteiger partial charge on any atom is -0.465 e. The van der Waals surface area contributed by atoms with Crippen molar-refractivity contribution in [3.63, 3.8) is 0 Å². The molecule has 0 saturated heterocycles. The Balaban J connectivity index is 3.27. The maximum Gasteiger partial charge on any atom is 0.339 e. The van der Waals surface area contributed by atoms with Crippen LogP contribution in [-0.2, 0) is 9.47 Å². The van der Waals surface area contributed by atoms with E-state index in [1.54, 1.807) is 0 Å². The zero-order valence-electron chi connectivity index (χ0n) is 8.68. The Morgan fingerprint density at radius 1 is 0.938 bits per heavy atom. The van der Waals surface area contributed by atoms with Crippen LogP contribution in [0.1, 0.15) is 20.7 Å². The Morgan fingerprint density at radius 3 is 1.50 bits per heavy atom. The van der Waals surface area contributed by atoms with Gasteiger partial charge >= 0.3 is 11.9 Å². The third-order valence-corrected chi connectivity index (χ3v) is 2.66. The molecule has 0 aliphatic heterocycles. The first-order valence-corrected chi connectivity index (χ1v) is 5.13. The highest BCUT2D eigenvalue weighted by atomic mass is 32.1. The van der Waals surface area contributed by atoms with Gasteiger partial charge in [0.1, 0.15) is 0 Å². The van der Waals surface area contributed by atoms with Crippen LogP contribution >= 0.6 is 25.3 Å². The van der Waals surface area contributed by atoms with Crippen molar-refractivity contribution >= 4 is 37.2 Å². The number of carbonyl (C=O) groups excluding carboxylic acids is 2. The van der Waals surface area contributed by atoms with Crippen LogP contribution in [0.2, 0.25) is 0 Å². The first-order valence-electron chi connectivity index (χ1n) is 4.23. The van der Waals surface area contributed by atoms with Gasteiger partial charge in [0.2, 0.25) is 0 Å². The lowest BCUT2D eigenvalue weighted by Gasteiger charge is -2.08. The number of thiol groups is 2. The largest absolute Gasteiger partial charge is 0.465 e. The average Bonchev–Trinajstić information content (AvgIpc) is 2.29. The van der Waals surface area contributed by atoms with Crippen molar-refractivity contribution in [2.75, 3.05) is 14.2 Å². The molecule has 0 saturated carbocycles. The maximum absolute atomic E-state index is 11.3. The molecule has 0 radical (unpaired) electrons. The van der Waals surface area contributed by atoms with Gasteiger partial charge in [-0.25, -0.2) is 9.59 Å². The summed E-state index contributed by atoms with van der Waals surface area (Å²) in [5.41, 5.74) is 0.506. The molecule has 0 amide bonds. The molecule has 86 valence electrons. The molecule has 0 unspecified atom stereocenters. The lowest BCUT2D eigenvalue weighted by atomic mass is 10.1. The first kappa shape index (κ1) is 12.9. The molecule has 4 nitrogen and oxygen atoms in total. The fourth-order valence-electron chi connectivity index (χ4n) is 1.12. The Hall–Kier alpha value is -1.14. The summed E-state index contributed by atoms with van der Waals surface area (Å²) < 4.78 is 9.12. The van der Waals surface area contributed by atoms with Crippen LogP contribution in [0.4, 0.5) is 0 Å². The normalized spacial score (nSPS) is 9.75. The van der Waals surface area contributed by atoms with Gasteiger partial charge in [-0.1, -0.05) is 0 Å². The van der Waals surface area contributed by atoms with E-state index in [2.05, 4.69) is 34.7 Å². The molecule has 0 aliphatic rings. The summed E-state index contributed by atoms with van der Waals surface area (Å²) >= 11 is 8.20. The average molecular weight is 258 g/mol. The number of carbonyl (C=O) groups is 2. The highest BCUT2D eigenvalue weighted by Gasteiger charge is 2.16. The number of rotatable bonds is 2.